The summed E-state index contributed by atoms with van der Waals surface area (Å²) in [5, 5.41) is -0.102. The number of pyridine rings is 1. The molecule has 3 heterocycles. The number of halogens is 4. The van der Waals surface area contributed by atoms with Gasteiger partial charge < -0.3 is 14.2 Å². The Morgan fingerprint density at radius 3 is 2.41 bits per heavy atom. The highest BCUT2D eigenvalue weighted by Crippen LogP contribution is 2.32. The second-order valence-electron chi connectivity index (χ2n) is 6.92. The summed E-state index contributed by atoms with van der Waals surface area (Å²) in [6.45, 7) is 2.61. The van der Waals surface area contributed by atoms with Gasteiger partial charge in [0.25, 0.3) is 0 Å². The van der Waals surface area contributed by atoms with Crippen LogP contribution in [0.3, 0.4) is 0 Å². The number of piperazine rings is 1. The van der Waals surface area contributed by atoms with Crippen LogP contribution in [0.5, 0.6) is 0 Å². The van der Waals surface area contributed by atoms with Gasteiger partial charge in [-0.25, -0.2) is 4.98 Å². The van der Waals surface area contributed by atoms with Gasteiger partial charge in [0.1, 0.15) is 0 Å². The molecule has 1 saturated heterocycles. The number of anilines is 1. The molecule has 0 bridgehead atoms. The molecule has 1 aliphatic rings. The average Bonchev–Trinajstić information content (AvgIpc) is 3.11. The molecule has 2 aromatic heterocycles. The van der Waals surface area contributed by atoms with Crippen LogP contribution in [0.1, 0.15) is 11.3 Å². The fourth-order valence-electron chi connectivity index (χ4n) is 3.47. The zero-order valence-corrected chi connectivity index (χ0v) is 16.1. The fourth-order valence-corrected chi connectivity index (χ4v) is 3.72. The van der Waals surface area contributed by atoms with Gasteiger partial charge in [0.2, 0.25) is 5.91 Å². The standard InChI is InChI=1S/C20H18ClF3N4O/c21-17-10-14(20(22,23)24)12-28-13-15(25-19(17)28)11-18(29)27-8-6-26(7-9-27)16-4-2-1-3-5-16/h1-5,10,12-13H,6-9,11H2. The van der Waals surface area contributed by atoms with E-state index in [4.69, 9.17) is 11.6 Å². The Morgan fingerprint density at radius 2 is 1.76 bits per heavy atom. The van der Waals surface area contributed by atoms with Crippen molar-refractivity contribution in [3.8, 4) is 0 Å². The molecular formula is C20H18ClF3N4O. The molecule has 1 aliphatic heterocycles. The Bertz CT molecular complexity index is 1030. The van der Waals surface area contributed by atoms with Crippen LogP contribution in [0, 0.1) is 0 Å². The number of imidazole rings is 1. The number of amides is 1. The third-order valence-corrected chi connectivity index (χ3v) is 5.25. The van der Waals surface area contributed by atoms with Crippen molar-refractivity contribution in [2.24, 2.45) is 0 Å². The van der Waals surface area contributed by atoms with E-state index < -0.39 is 11.7 Å². The minimum atomic E-state index is -4.50. The van der Waals surface area contributed by atoms with Crippen LogP contribution in [0.25, 0.3) is 5.65 Å². The molecule has 152 valence electrons. The second kappa shape index (κ2) is 7.59. The van der Waals surface area contributed by atoms with Crippen molar-refractivity contribution in [2.75, 3.05) is 31.1 Å². The smallest absolute Gasteiger partial charge is 0.368 e. The van der Waals surface area contributed by atoms with Crippen molar-refractivity contribution >= 4 is 28.8 Å². The number of hydrogen-bond donors (Lipinski definition) is 0. The maximum absolute atomic E-state index is 13.0. The van der Waals surface area contributed by atoms with E-state index in [1.165, 1.54) is 10.6 Å². The fraction of sp³-hybridized carbons (Fsp3) is 0.300. The van der Waals surface area contributed by atoms with Crippen LogP contribution in [0.2, 0.25) is 5.02 Å². The summed E-state index contributed by atoms with van der Waals surface area (Å²) in [6, 6.07) is 10.8. The molecule has 0 unspecified atom stereocenters. The lowest BCUT2D eigenvalue weighted by Gasteiger charge is -2.36. The lowest BCUT2D eigenvalue weighted by molar-refractivity contribution is -0.138. The Kier molecular flexibility index (Phi) is 5.12. The van der Waals surface area contributed by atoms with E-state index in [9.17, 15) is 18.0 Å². The molecule has 0 atom stereocenters. The number of hydrogen-bond acceptors (Lipinski definition) is 3. The zero-order chi connectivity index (χ0) is 20.6. The predicted octanol–water partition coefficient (Wildman–Crippen LogP) is 3.90. The predicted molar refractivity (Wildman–Crippen MR) is 104 cm³/mol. The molecule has 9 heteroatoms. The molecule has 0 spiro atoms. The third-order valence-electron chi connectivity index (χ3n) is 4.97. The van der Waals surface area contributed by atoms with E-state index in [1.54, 1.807) is 4.90 Å². The number of nitrogens with zero attached hydrogens (tertiary/aromatic N) is 4. The molecule has 3 aromatic rings. The maximum atomic E-state index is 13.0. The van der Waals surface area contributed by atoms with Gasteiger partial charge in [0.05, 0.1) is 22.7 Å². The number of carbonyl (C=O) groups excluding carboxylic acids is 1. The number of rotatable bonds is 3. The zero-order valence-electron chi connectivity index (χ0n) is 15.4. The summed E-state index contributed by atoms with van der Waals surface area (Å²) in [7, 11) is 0. The number of benzene rings is 1. The van der Waals surface area contributed by atoms with Gasteiger partial charge in [-0.05, 0) is 18.2 Å². The van der Waals surface area contributed by atoms with Crippen LogP contribution < -0.4 is 4.90 Å². The molecule has 0 saturated carbocycles. The average molecular weight is 423 g/mol. The monoisotopic (exact) mass is 422 g/mol. The van der Waals surface area contributed by atoms with Gasteiger partial charge in [-0.2, -0.15) is 13.2 Å². The van der Waals surface area contributed by atoms with Gasteiger partial charge >= 0.3 is 6.18 Å². The van der Waals surface area contributed by atoms with Crippen LogP contribution in [-0.4, -0.2) is 46.4 Å². The van der Waals surface area contributed by atoms with Crippen molar-refractivity contribution in [1.29, 1.82) is 0 Å². The number of fused-ring (bicyclic) bond motifs is 1. The molecule has 0 aliphatic carbocycles. The number of para-hydroxylation sites is 1. The Balaban J connectivity index is 1.44. The normalized spacial score (nSPS) is 15.2. The van der Waals surface area contributed by atoms with E-state index in [1.807, 2.05) is 30.3 Å². The summed E-state index contributed by atoms with van der Waals surface area (Å²) in [5.74, 6) is -0.103. The summed E-state index contributed by atoms with van der Waals surface area (Å²) in [4.78, 5) is 20.9. The molecule has 1 fully saturated rings. The summed E-state index contributed by atoms with van der Waals surface area (Å²) in [6.07, 6.45) is -2.13. The molecule has 1 aromatic carbocycles. The summed E-state index contributed by atoms with van der Waals surface area (Å²) < 4.78 is 40.1. The number of carbonyl (C=O) groups is 1. The quantitative estimate of drug-likeness (QED) is 0.643. The van der Waals surface area contributed by atoms with Crippen LogP contribution in [0.15, 0.2) is 48.8 Å². The molecule has 29 heavy (non-hydrogen) atoms. The largest absolute Gasteiger partial charge is 0.417 e. The molecule has 5 nitrogen and oxygen atoms in total. The van der Waals surface area contributed by atoms with Crippen LogP contribution in [0.4, 0.5) is 18.9 Å². The Hall–Kier alpha value is -2.74. The van der Waals surface area contributed by atoms with E-state index in [-0.39, 0.29) is 23.0 Å². The van der Waals surface area contributed by atoms with Gasteiger partial charge in [0.15, 0.2) is 5.65 Å². The first-order chi connectivity index (χ1) is 13.8. The molecule has 0 radical (unpaired) electrons. The number of alkyl halides is 3. The first-order valence-corrected chi connectivity index (χ1v) is 9.51. The van der Waals surface area contributed by atoms with Crippen LogP contribution in [-0.2, 0) is 17.4 Å². The van der Waals surface area contributed by atoms with Gasteiger partial charge in [-0.1, -0.05) is 29.8 Å². The highest BCUT2D eigenvalue weighted by Gasteiger charge is 2.32. The molecule has 0 N–H and O–H groups in total. The number of aromatic nitrogens is 2. The lowest BCUT2D eigenvalue weighted by atomic mass is 10.2. The van der Waals surface area contributed by atoms with Gasteiger partial charge in [-0.3, -0.25) is 4.79 Å². The van der Waals surface area contributed by atoms with Crippen molar-refractivity contribution in [3.63, 3.8) is 0 Å². The highest BCUT2D eigenvalue weighted by atomic mass is 35.5. The van der Waals surface area contributed by atoms with E-state index in [0.717, 1.165) is 31.0 Å². The molecular weight excluding hydrogens is 405 g/mol. The SMILES string of the molecule is O=C(Cc1cn2cc(C(F)(F)F)cc(Cl)c2n1)N1CCN(c2ccccc2)CC1. The van der Waals surface area contributed by atoms with Crippen molar-refractivity contribution in [1.82, 2.24) is 14.3 Å². The van der Waals surface area contributed by atoms with E-state index in [0.29, 0.717) is 18.8 Å². The summed E-state index contributed by atoms with van der Waals surface area (Å²) in [5.41, 5.74) is 0.857. The van der Waals surface area contributed by atoms with Crippen molar-refractivity contribution < 1.29 is 18.0 Å². The first-order valence-electron chi connectivity index (χ1n) is 9.13. The van der Waals surface area contributed by atoms with Crippen molar-refractivity contribution in [3.05, 3.63) is 65.1 Å². The van der Waals surface area contributed by atoms with Gasteiger partial charge in [0, 0.05) is 44.3 Å². The second-order valence-corrected chi connectivity index (χ2v) is 7.32. The Morgan fingerprint density at radius 1 is 1.07 bits per heavy atom. The van der Waals surface area contributed by atoms with Crippen LogP contribution >= 0.6 is 11.6 Å². The molecule has 4 rings (SSSR count). The van der Waals surface area contributed by atoms with E-state index in [2.05, 4.69) is 9.88 Å². The maximum Gasteiger partial charge on any atom is 0.417 e. The topological polar surface area (TPSA) is 40.9 Å². The first kappa shape index (κ1) is 19.6. The third kappa shape index (κ3) is 4.17. The highest BCUT2D eigenvalue weighted by molar-refractivity contribution is 6.33. The Labute approximate surface area is 170 Å². The minimum Gasteiger partial charge on any atom is -0.368 e. The van der Waals surface area contributed by atoms with E-state index >= 15 is 0 Å². The van der Waals surface area contributed by atoms with Crippen molar-refractivity contribution in [2.45, 2.75) is 12.6 Å². The lowest BCUT2D eigenvalue weighted by Crippen LogP contribution is -2.49. The summed E-state index contributed by atoms with van der Waals surface area (Å²) >= 11 is 5.96. The van der Waals surface area contributed by atoms with Gasteiger partial charge in [-0.15, -0.1) is 0 Å². The molecule has 1 amide bonds. The minimum absolute atomic E-state index is 0.0185.